The zero-order chi connectivity index (χ0) is 44.0. The molecule has 0 radical (unpaired) electrons. The third-order valence-corrected chi connectivity index (χ3v) is 17.0. The van der Waals surface area contributed by atoms with Crippen molar-refractivity contribution in [3.8, 4) is 0 Å². The Hall–Kier alpha value is -8.67. The normalized spacial score (nSPS) is 19.6. The summed E-state index contributed by atoms with van der Waals surface area (Å²) in [7, 11) is 0. The van der Waals surface area contributed by atoms with Crippen molar-refractivity contribution in [1.82, 2.24) is 0 Å². The second kappa shape index (κ2) is 11.5. The molecule has 0 spiro atoms. The van der Waals surface area contributed by atoms with Gasteiger partial charge in [-0.2, -0.15) is 0 Å². The lowest BCUT2D eigenvalue weighted by Gasteiger charge is -2.42. The predicted molar refractivity (Wildman–Crippen MR) is 278 cm³/mol. The van der Waals surface area contributed by atoms with Crippen molar-refractivity contribution in [3.05, 3.63) is 208 Å². The SMILES string of the molecule is O=C1c2ccc3c4ccc5c6ccc7c8c(ccc(c9ccc(c%10ccc(c2c%103)C2Cc3c%10ccccc%10cc%10cccc(c3%10)N12)c4c95)c86)C(=O)N1c2cccc3c2C(=NC71)C1C=CC=CC1=C3. The lowest BCUT2D eigenvalue weighted by molar-refractivity contribution is 0.0966. The topological polar surface area (TPSA) is 53.0 Å². The maximum absolute atomic E-state index is 15.1. The van der Waals surface area contributed by atoms with Crippen LogP contribution in [0.1, 0.15) is 60.7 Å². The number of nitrogens with zero attached hydrogens (tertiary/aromatic N) is 3. The molecule has 3 unspecified atom stereocenters. The van der Waals surface area contributed by atoms with E-state index in [9.17, 15) is 0 Å². The number of carbonyl (C=O) groups is 2. The molecule has 2 amide bonds. The van der Waals surface area contributed by atoms with Gasteiger partial charge in [0, 0.05) is 44.3 Å². The minimum absolute atomic E-state index is 0.00616. The lowest BCUT2D eigenvalue weighted by atomic mass is 9.76. The van der Waals surface area contributed by atoms with Crippen molar-refractivity contribution in [2.24, 2.45) is 10.9 Å². The Morgan fingerprint density at radius 3 is 1.81 bits per heavy atom. The van der Waals surface area contributed by atoms with E-state index < -0.39 is 6.17 Å². The number of carbonyl (C=O) groups excluding carboxylic acids is 2. The molecule has 0 fully saturated rings. The quantitative estimate of drug-likeness (QED) is 0.113. The van der Waals surface area contributed by atoms with E-state index in [0.29, 0.717) is 0 Å². The molecule has 312 valence electrons. The van der Waals surface area contributed by atoms with Gasteiger partial charge in [-0.05, 0) is 140 Å². The van der Waals surface area contributed by atoms with E-state index in [1.807, 2.05) is 4.90 Å². The van der Waals surface area contributed by atoms with E-state index in [4.69, 9.17) is 4.99 Å². The first-order valence-electron chi connectivity index (χ1n) is 23.8. The van der Waals surface area contributed by atoms with E-state index >= 15 is 9.59 Å². The number of hydrogen-bond donors (Lipinski definition) is 0. The Kier molecular flexibility index (Phi) is 5.84. The van der Waals surface area contributed by atoms with Crippen LogP contribution in [0.3, 0.4) is 0 Å². The molecule has 0 aromatic heterocycles. The number of aliphatic imine (C=N–C) groups is 1. The van der Waals surface area contributed by atoms with Crippen LogP contribution in [0.15, 0.2) is 174 Å². The second-order valence-electron chi connectivity index (χ2n) is 19.8. The summed E-state index contributed by atoms with van der Waals surface area (Å²) < 4.78 is 0. The molecule has 4 heterocycles. The number of fused-ring (bicyclic) bond motifs is 14. The van der Waals surface area contributed by atoms with Gasteiger partial charge in [-0.1, -0.05) is 140 Å². The predicted octanol–water partition coefficient (Wildman–Crippen LogP) is 14.8. The Morgan fingerprint density at radius 1 is 0.485 bits per heavy atom. The second-order valence-corrected chi connectivity index (χ2v) is 19.8. The number of rotatable bonds is 0. The van der Waals surface area contributed by atoms with E-state index in [1.54, 1.807) is 0 Å². The van der Waals surface area contributed by atoms with E-state index in [0.717, 1.165) is 78.3 Å². The molecular formula is C63H33N3O2. The Balaban J connectivity index is 0.869. The molecule has 18 rings (SSSR count). The average Bonchev–Trinajstić information content (AvgIpc) is 3.38. The fourth-order valence-corrected chi connectivity index (χ4v) is 14.3. The standard InChI is InChI=1S/C63H33N3O2/c67-62-46-25-21-42-38-17-16-37-41-20-24-45-59-47(63(68)66-50-14-6-10-33-28-31-8-2-4-12-35(31)60(53(33)50)64-61(45)66)26-22-43(57(41)59)39-18-15-36(54(38)55(37)39)40-19-23-44(58(46)56(40)42)51-29-48-34-11-3-1-7-30(34)27-32-9-5-13-49(52(32)48)65(51)62/h1-28,35,51,61H,29H2. The summed E-state index contributed by atoms with van der Waals surface area (Å²) in [4.78, 5) is 39.7. The van der Waals surface area contributed by atoms with Gasteiger partial charge in [-0.25, -0.2) is 0 Å². The minimum Gasteiger partial charge on any atom is -0.300 e. The van der Waals surface area contributed by atoms with Crippen molar-refractivity contribution in [3.63, 3.8) is 0 Å². The zero-order valence-electron chi connectivity index (χ0n) is 36.3. The van der Waals surface area contributed by atoms with Crippen LogP contribution >= 0.6 is 0 Å². The van der Waals surface area contributed by atoms with Crippen molar-refractivity contribution >= 4 is 132 Å². The molecule has 4 aliphatic heterocycles. The van der Waals surface area contributed by atoms with Gasteiger partial charge in [0.1, 0.15) is 0 Å². The molecule has 3 atom stereocenters. The van der Waals surface area contributed by atoms with Gasteiger partial charge in [0.2, 0.25) is 0 Å². The molecule has 6 aliphatic rings. The van der Waals surface area contributed by atoms with Gasteiger partial charge in [-0.3, -0.25) is 24.4 Å². The summed E-state index contributed by atoms with van der Waals surface area (Å²) in [5, 5.41) is 21.1. The highest BCUT2D eigenvalue weighted by Gasteiger charge is 2.44. The summed E-state index contributed by atoms with van der Waals surface area (Å²) in [5.41, 5.74) is 11.5. The molecule has 5 heteroatoms. The van der Waals surface area contributed by atoms with Crippen LogP contribution < -0.4 is 9.80 Å². The minimum atomic E-state index is -0.471. The molecule has 68 heavy (non-hydrogen) atoms. The molecule has 2 aliphatic carbocycles. The Labute approximate surface area is 387 Å². The molecule has 0 bridgehead atoms. The third-order valence-electron chi connectivity index (χ3n) is 17.0. The molecular weight excluding hydrogens is 831 g/mol. The molecule has 0 N–H and O–H groups in total. The number of amides is 2. The molecule has 0 saturated heterocycles. The highest BCUT2D eigenvalue weighted by atomic mass is 16.2. The maximum atomic E-state index is 15.1. The summed E-state index contributed by atoms with van der Waals surface area (Å²) in [5.74, 6) is 0.115. The van der Waals surface area contributed by atoms with Crippen LogP contribution in [0.25, 0.3) is 103 Å². The van der Waals surface area contributed by atoms with Crippen LogP contribution in [-0.4, -0.2) is 17.5 Å². The smallest absolute Gasteiger partial charge is 0.260 e. The molecule has 12 aromatic carbocycles. The lowest BCUT2D eigenvalue weighted by Crippen LogP contribution is -2.43. The van der Waals surface area contributed by atoms with Crippen LogP contribution in [0.2, 0.25) is 0 Å². The summed E-state index contributed by atoms with van der Waals surface area (Å²) in [6.07, 6.45) is 11.2. The summed E-state index contributed by atoms with van der Waals surface area (Å²) in [6.45, 7) is 0. The van der Waals surface area contributed by atoms with E-state index in [2.05, 4.69) is 175 Å². The fraction of sp³-hybridized carbons (Fsp3) is 0.0635. The zero-order valence-corrected chi connectivity index (χ0v) is 36.3. The summed E-state index contributed by atoms with van der Waals surface area (Å²) in [6, 6.07) is 50.6. The number of hydrogen-bond acceptors (Lipinski definition) is 3. The van der Waals surface area contributed by atoms with E-state index in [1.165, 1.54) is 86.7 Å². The number of anilines is 2. The first kappa shape index (κ1) is 34.6. The van der Waals surface area contributed by atoms with E-state index in [-0.39, 0.29) is 23.8 Å². The van der Waals surface area contributed by atoms with Crippen LogP contribution in [0.4, 0.5) is 11.4 Å². The average molecular weight is 864 g/mol. The van der Waals surface area contributed by atoms with Crippen LogP contribution in [0.5, 0.6) is 0 Å². The molecule has 12 aromatic rings. The van der Waals surface area contributed by atoms with Crippen molar-refractivity contribution in [1.29, 1.82) is 0 Å². The number of allylic oxidation sites excluding steroid dienone is 5. The number of benzene rings is 12. The van der Waals surface area contributed by atoms with Gasteiger partial charge >= 0.3 is 0 Å². The third kappa shape index (κ3) is 3.78. The highest BCUT2D eigenvalue weighted by Crippen LogP contribution is 2.56. The first-order chi connectivity index (χ1) is 33.6. The summed E-state index contributed by atoms with van der Waals surface area (Å²) >= 11 is 0. The van der Waals surface area contributed by atoms with Gasteiger partial charge in [0.15, 0.2) is 6.17 Å². The molecule has 0 saturated carbocycles. The maximum Gasteiger partial charge on any atom is 0.260 e. The van der Waals surface area contributed by atoms with Gasteiger partial charge in [0.25, 0.3) is 11.8 Å². The van der Waals surface area contributed by atoms with Crippen molar-refractivity contribution in [2.45, 2.75) is 18.6 Å². The van der Waals surface area contributed by atoms with Crippen molar-refractivity contribution in [2.75, 3.05) is 9.80 Å². The van der Waals surface area contributed by atoms with Crippen molar-refractivity contribution < 1.29 is 9.59 Å². The fourth-order valence-electron chi connectivity index (χ4n) is 14.3. The Bertz CT molecular complexity index is 4590. The van der Waals surface area contributed by atoms with Gasteiger partial charge in [-0.15, -0.1) is 0 Å². The highest BCUT2D eigenvalue weighted by molar-refractivity contribution is 6.44. The molecule has 5 nitrogen and oxygen atoms in total. The Morgan fingerprint density at radius 2 is 1.07 bits per heavy atom. The monoisotopic (exact) mass is 863 g/mol. The van der Waals surface area contributed by atoms with Crippen LogP contribution in [0, 0.1) is 5.92 Å². The first-order valence-corrected chi connectivity index (χ1v) is 23.8. The largest absolute Gasteiger partial charge is 0.300 e. The van der Waals surface area contributed by atoms with Gasteiger partial charge < -0.3 is 0 Å². The van der Waals surface area contributed by atoms with Gasteiger partial charge in [0.05, 0.1) is 23.1 Å². The van der Waals surface area contributed by atoms with Crippen LogP contribution in [-0.2, 0) is 6.42 Å².